The molecule has 0 spiro atoms. The molecular formula is C15H11FN2OS2. The number of likely N-dealkylation sites (N-methyl/N-ethyl adjacent to an activating group) is 1. The van der Waals surface area contributed by atoms with Crippen molar-refractivity contribution in [3.63, 3.8) is 0 Å². The van der Waals surface area contributed by atoms with Crippen molar-refractivity contribution >= 4 is 45.9 Å². The fourth-order valence-corrected chi connectivity index (χ4v) is 3.49. The maximum Gasteiger partial charge on any atom is 0.266 e. The molecule has 0 atom stereocenters. The van der Waals surface area contributed by atoms with E-state index in [-0.39, 0.29) is 11.7 Å². The van der Waals surface area contributed by atoms with Crippen LogP contribution in [-0.4, -0.2) is 23.0 Å². The summed E-state index contributed by atoms with van der Waals surface area (Å²) in [5.41, 5.74) is 0.621. The van der Waals surface area contributed by atoms with Crippen LogP contribution in [0.1, 0.15) is 4.88 Å². The maximum absolute atomic E-state index is 12.9. The monoisotopic (exact) mass is 318 g/mol. The number of benzene rings is 1. The number of thioether (sulfide) groups is 1. The lowest BCUT2D eigenvalue weighted by Crippen LogP contribution is -2.23. The molecule has 2 aromatic rings. The van der Waals surface area contributed by atoms with Crippen molar-refractivity contribution in [2.75, 3.05) is 7.05 Å². The average molecular weight is 318 g/mol. The molecule has 0 unspecified atom stereocenters. The Hall–Kier alpha value is -1.92. The Morgan fingerprint density at radius 3 is 2.67 bits per heavy atom. The van der Waals surface area contributed by atoms with Gasteiger partial charge in [-0.15, -0.1) is 11.3 Å². The normalized spacial score (nSPS) is 19.0. The molecule has 0 bridgehead atoms. The van der Waals surface area contributed by atoms with E-state index in [0.717, 1.165) is 4.88 Å². The molecule has 106 valence electrons. The summed E-state index contributed by atoms with van der Waals surface area (Å²) in [6.45, 7) is 0. The van der Waals surface area contributed by atoms with Crippen LogP contribution in [0.15, 0.2) is 51.7 Å². The van der Waals surface area contributed by atoms with Crippen LogP contribution in [0.25, 0.3) is 6.08 Å². The number of rotatable bonds is 2. The van der Waals surface area contributed by atoms with Gasteiger partial charge in [0.1, 0.15) is 5.82 Å². The molecule has 6 heteroatoms. The van der Waals surface area contributed by atoms with Gasteiger partial charge in [0, 0.05) is 11.9 Å². The third-order valence-electron chi connectivity index (χ3n) is 2.87. The van der Waals surface area contributed by atoms with Crippen molar-refractivity contribution < 1.29 is 9.18 Å². The van der Waals surface area contributed by atoms with E-state index >= 15 is 0 Å². The van der Waals surface area contributed by atoms with Gasteiger partial charge in [0.25, 0.3) is 5.91 Å². The van der Waals surface area contributed by atoms with Gasteiger partial charge < -0.3 is 0 Å². The Bertz CT molecular complexity index is 721. The lowest BCUT2D eigenvalue weighted by Gasteiger charge is -2.06. The maximum atomic E-state index is 12.9. The number of carbonyl (C=O) groups is 1. The topological polar surface area (TPSA) is 32.7 Å². The van der Waals surface area contributed by atoms with E-state index in [1.807, 2.05) is 23.6 Å². The fraction of sp³-hybridized carbons (Fsp3) is 0.0667. The molecule has 1 aromatic carbocycles. The first-order chi connectivity index (χ1) is 10.1. The highest BCUT2D eigenvalue weighted by atomic mass is 32.2. The molecule has 1 aliphatic heterocycles. The van der Waals surface area contributed by atoms with Crippen LogP contribution < -0.4 is 0 Å². The molecule has 1 aromatic heterocycles. The van der Waals surface area contributed by atoms with Crippen LogP contribution >= 0.6 is 23.1 Å². The Labute approximate surface area is 129 Å². The van der Waals surface area contributed by atoms with Crippen molar-refractivity contribution in [1.82, 2.24) is 4.90 Å². The van der Waals surface area contributed by atoms with Crippen LogP contribution in [0.3, 0.4) is 0 Å². The summed E-state index contributed by atoms with van der Waals surface area (Å²) in [4.78, 5) is 19.8. The molecule has 1 aliphatic rings. The molecule has 21 heavy (non-hydrogen) atoms. The van der Waals surface area contributed by atoms with Crippen molar-refractivity contribution in [2.45, 2.75) is 0 Å². The zero-order chi connectivity index (χ0) is 14.8. The minimum absolute atomic E-state index is 0.0748. The van der Waals surface area contributed by atoms with Gasteiger partial charge in [-0.3, -0.25) is 9.69 Å². The van der Waals surface area contributed by atoms with Crippen molar-refractivity contribution in [3.8, 4) is 0 Å². The molecular weight excluding hydrogens is 307 g/mol. The standard InChI is InChI=1S/C15H11FN2OS2/c1-18-14(19)13(9-12-3-2-8-20-12)21-15(18)17-11-6-4-10(16)5-7-11/h2-9H,1H3/b13-9+,17-15?. The molecule has 0 N–H and O–H groups in total. The highest BCUT2D eigenvalue weighted by Gasteiger charge is 2.30. The van der Waals surface area contributed by atoms with E-state index in [0.29, 0.717) is 15.8 Å². The number of hydrogen-bond acceptors (Lipinski definition) is 4. The van der Waals surface area contributed by atoms with Crippen LogP contribution in [0.5, 0.6) is 0 Å². The first-order valence-electron chi connectivity index (χ1n) is 6.19. The van der Waals surface area contributed by atoms with Gasteiger partial charge in [-0.25, -0.2) is 9.38 Å². The number of nitrogens with zero attached hydrogens (tertiary/aromatic N) is 2. The Balaban J connectivity index is 1.88. The van der Waals surface area contributed by atoms with Crippen molar-refractivity contribution in [3.05, 3.63) is 57.4 Å². The lowest BCUT2D eigenvalue weighted by molar-refractivity contribution is -0.121. The third kappa shape index (κ3) is 3.06. The minimum Gasteiger partial charge on any atom is -0.290 e. The van der Waals surface area contributed by atoms with Gasteiger partial charge in [-0.2, -0.15) is 0 Å². The number of amidine groups is 1. The summed E-state index contributed by atoms with van der Waals surface area (Å²) < 4.78 is 12.9. The average Bonchev–Trinajstić information content (AvgIpc) is 3.07. The number of hydrogen-bond donors (Lipinski definition) is 0. The molecule has 0 saturated carbocycles. The van der Waals surface area contributed by atoms with Gasteiger partial charge >= 0.3 is 0 Å². The number of aliphatic imine (C=N–C) groups is 1. The summed E-state index contributed by atoms with van der Waals surface area (Å²) >= 11 is 2.90. The van der Waals surface area contributed by atoms with Gasteiger partial charge in [0.05, 0.1) is 10.6 Å². The van der Waals surface area contributed by atoms with E-state index in [9.17, 15) is 9.18 Å². The number of amides is 1. The highest BCUT2D eigenvalue weighted by Crippen LogP contribution is 2.33. The molecule has 1 amide bonds. The quantitative estimate of drug-likeness (QED) is 0.780. The van der Waals surface area contributed by atoms with Crippen molar-refractivity contribution in [2.24, 2.45) is 4.99 Å². The minimum atomic E-state index is -0.305. The van der Waals surface area contributed by atoms with E-state index in [1.165, 1.54) is 28.8 Å². The second-order valence-electron chi connectivity index (χ2n) is 4.36. The molecule has 2 heterocycles. The summed E-state index contributed by atoms with van der Waals surface area (Å²) in [5.74, 6) is -0.380. The second kappa shape index (κ2) is 5.83. The van der Waals surface area contributed by atoms with Gasteiger partial charge in [0.2, 0.25) is 0 Å². The molecule has 1 fully saturated rings. The largest absolute Gasteiger partial charge is 0.290 e. The van der Waals surface area contributed by atoms with E-state index in [1.54, 1.807) is 30.5 Å². The summed E-state index contributed by atoms with van der Waals surface area (Å²) in [5, 5.41) is 2.56. The first kappa shape index (κ1) is 14.0. The zero-order valence-corrected chi connectivity index (χ0v) is 12.7. The number of carbonyl (C=O) groups excluding carboxylic acids is 1. The number of halogens is 1. The molecule has 0 aliphatic carbocycles. The predicted molar refractivity (Wildman–Crippen MR) is 86.2 cm³/mol. The molecule has 3 rings (SSSR count). The number of thiophene rings is 1. The van der Waals surface area contributed by atoms with Crippen molar-refractivity contribution in [1.29, 1.82) is 0 Å². The Morgan fingerprint density at radius 2 is 2.00 bits per heavy atom. The Morgan fingerprint density at radius 1 is 1.24 bits per heavy atom. The molecule has 1 saturated heterocycles. The van der Waals surface area contributed by atoms with Crippen LogP contribution in [0.2, 0.25) is 0 Å². The second-order valence-corrected chi connectivity index (χ2v) is 6.35. The van der Waals surface area contributed by atoms with E-state index in [2.05, 4.69) is 4.99 Å². The van der Waals surface area contributed by atoms with Crippen LogP contribution in [0, 0.1) is 5.82 Å². The zero-order valence-electron chi connectivity index (χ0n) is 11.1. The van der Waals surface area contributed by atoms with E-state index < -0.39 is 0 Å². The summed E-state index contributed by atoms with van der Waals surface area (Å²) in [7, 11) is 1.69. The summed E-state index contributed by atoms with van der Waals surface area (Å²) in [6.07, 6.45) is 1.86. The predicted octanol–water partition coefficient (Wildman–Crippen LogP) is 4.12. The third-order valence-corrected chi connectivity index (χ3v) is 4.75. The van der Waals surface area contributed by atoms with Gasteiger partial charge in [-0.05, 0) is 53.5 Å². The highest BCUT2D eigenvalue weighted by molar-refractivity contribution is 8.18. The molecule has 3 nitrogen and oxygen atoms in total. The van der Waals surface area contributed by atoms with Gasteiger partial charge in [0.15, 0.2) is 5.17 Å². The summed E-state index contributed by atoms with van der Waals surface area (Å²) in [6, 6.07) is 9.77. The Kier molecular flexibility index (Phi) is 3.90. The fourth-order valence-electron chi connectivity index (χ4n) is 1.78. The molecule has 0 radical (unpaired) electrons. The first-order valence-corrected chi connectivity index (χ1v) is 7.88. The van der Waals surface area contributed by atoms with Crippen LogP contribution in [-0.2, 0) is 4.79 Å². The smallest absolute Gasteiger partial charge is 0.266 e. The van der Waals surface area contributed by atoms with E-state index in [4.69, 9.17) is 0 Å². The van der Waals surface area contributed by atoms with Crippen LogP contribution in [0.4, 0.5) is 10.1 Å². The van der Waals surface area contributed by atoms with Gasteiger partial charge in [-0.1, -0.05) is 6.07 Å². The lowest BCUT2D eigenvalue weighted by atomic mass is 10.3. The SMILES string of the molecule is CN1C(=O)/C(=C\c2cccs2)SC1=Nc1ccc(F)cc1.